The lowest BCUT2D eigenvalue weighted by atomic mass is 10.1. The van der Waals surface area contributed by atoms with Crippen molar-refractivity contribution in [2.75, 3.05) is 0 Å². The van der Waals surface area contributed by atoms with Crippen LogP contribution >= 0.6 is 23.1 Å². The molecule has 1 aromatic carbocycles. The fraction of sp³-hybridized carbons (Fsp3) is 0.316. The molecule has 136 valence electrons. The van der Waals surface area contributed by atoms with Crippen molar-refractivity contribution in [3.63, 3.8) is 0 Å². The Morgan fingerprint density at radius 3 is 2.77 bits per heavy atom. The minimum Gasteiger partial charge on any atom is -0.353 e. The van der Waals surface area contributed by atoms with E-state index in [-0.39, 0.29) is 17.2 Å². The van der Waals surface area contributed by atoms with E-state index in [4.69, 9.17) is 0 Å². The van der Waals surface area contributed by atoms with Crippen LogP contribution in [0.1, 0.15) is 25.8 Å². The van der Waals surface area contributed by atoms with E-state index >= 15 is 0 Å². The van der Waals surface area contributed by atoms with Crippen LogP contribution < -0.4 is 5.32 Å². The van der Waals surface area contributed by atoms with E-state index in [1.54, 1.807) is 11.3 Å². The van der Waals surface area contributed by atoms with Gasteiger partial charge in [-0.15, -0.1) is 16.4 Å². The number of aromatic nitrogens is 3. The summed E-state index contributed by atoms with van der Waals surface area (Å²) in [7, 11) is 0. The zero-order valence-corrected chi connectivity index (χ0v) is 16.4. The minimum absolute atomic E-state index is 0.0121. The highest BCUT2D eigenvalue weighted by Crippen LogP contribution is 2.25. The number of H-pyrrole nitrogens is 1. The van der Waals surface area contributed by atoms with Crippen molar-refractivity contribution in [1.29, 1.82) is 0 Å². The maximum absolute atomic E-state index is 12.4. The number of thioether (sulfide) groups is 1. The first-order valence-electron chi connectivity index (χ1n) is 8.59. The molecule has 7 heteroatoms. The molecule has 0 aliphatic carbocycles. The molecule has 3 rings (SSSR count). The molecule has 1 amide bonds. The topological polar surface area (TPSA) is 70.7 Å². The lowest BCUT2D eigenvalue weighted by Gasteiger charge is -2.16. The van der Waals surface area contributed by atoms with Gasteiger partial charge in [0.15, 0.2) is 5.82 Å². The van der Waals surface area contributed by atoms with Gasteiger partial charge < -0.3 is 5.32 Å². The fourth-order valence-electron chi connectivity index (χ4n) is 2.49. The van der Waals surface area contributed by atoms with Crippen molar-refractivity contribution in [2.45, 2.75) is 43.1 Å². The molecular formula is C19H22N4OS2. The van der Waals surface area contributed by atoms with Gasteiger partial charge in [-0.2, -0.15) is 0 Å². The Labute approximate surface area is 161 Å². The maximum atomic E-state index is 12.4. The number of carbonyl (C=O) groups is 1. The maximum Gasteiger partial charge on any atom is 0.233 e. The summed E-state index contributed by atoms with van der Waals surface area (Å²) in [4.78, 5) is 17.9. The molecule has 26 heavy (non-hydrogen) atoms. The Hall–Kier alpha value is -2.12. The van der Waals surface area contributed by atoms with Gasteiger partial charge in [-0.25, -0.2) is 4.98 Å². The number of thiophene rings is 1. The third kappa shape index (κ3) is 5.19. The number of aryl methyl sites for hydroxylation is 1. The highest BCUT2D eigenvalue weighted by molar-refractivity contribution is 8.00. The normalized spacial score (nSPS) is 13.3. The smallest absolute Gasteiger partial charge is 0.233 e. The Morgan fingerprint density at radius 1 is 1.23 bits per heavy atom. The highest BCUT2D eigenvalue weighted by atomic mass is 32.2. The first-order chi connectivity index (χ1) is 12.6. The number of hydrogen-bond donors (Lipinski definition) is 2. The van der Waals surface area contributed by atoms with Crippen LogP contribution in [0, 0.1) is 0 Å². The number of benzene rings is 1. The molecule has 5 nitrogen and oxygen atoms in total. The summed E-state index contributed by atoms with van der Waals surface area (Å²) in [5.74, 6) is 0.754. The van der Waals surface area contributed by atoms with E-state index in [0.29, 0.717) is 5.16 Å². The summed E-state index contributed by atoms with van der Waals surface area (Å²) in [6.45, 7) is 3.92. The first kappa shape index (κ1) is 18.7. The molecule has 0 fully saturated rings. The average Bonchev–Trinajstić information content (AvgIpc) is 3.32. The molecule has 0 unspecified atom stereocenters. The van der Waals surface area contributed by atoms with Crippen molar-refractivity contribution in [3.05, 3.63) is 53.4 Å². The van der Waals surface area contributed by atoms with Gasteiger partial charge in [0.2, 0.25) is 11.1 Å². The van der Waals surface area contributed by atoms with E-state index in [0.717, 1.165) is 23.5 Å². The van der Waals surface area contributed by atoms with Crippen molar-refractivity contribution in [3.8, 4) is 10.7 Å². The van der Waals surface area contributed by atoms with Gasteiger partial charge in [0.05, 0.1) is 10.1 Å². The fourth-order valence-corrected chi connectivity index (χ4v) is 3.89. The third-order valence-corrected chi connectivity index (χ3v) is 5.81. The third-order valence-electron chi connectivity index (χ3n) is 3.97. The van der Waals surface area contributed by atoms with E-state index < -0.39 is 0 Å². The van der Waals surface area contributed by atoms with Crippen LogP contribution in [-0.2, 0) is 11.2 Å². The monoisotopic (exact) mass is 386 g/mol. The molecule has 2 atom stereocenters. The molecule has 0 radical (unpaired) electrons. The summed E-state index contributed by atoms with van der Waals surface area (Å²) in [5.41, 5.74) is 1.29. The average molecular weight is 387 g/mol. The zero-order valence-electron chi connectivity index (χ0n) is 14.8. The summed E-state index contributed by atoms with van der Waals surface area (Å²) in [5, 5.41) is 12.6. The largest absolute Gasteiger partial charge is 0.353 e. The van der Waals surface area contributed by atoms with Gasteiger partial charge in [-0.1, -0.05) is 48.2 Å². The van der Waals surface area contributed by atoms with Crippen molar-refractivity contribution < 1.29 is 4.79 Å². The van der Waals surface area contributed by atoms with E-state index in [1.165, 1.54) is 17.3 Å². The second kappa shape index (κ2) is 9.00. The Bertz CT molecular complexity index is 817. The summed E-state index contributed by atoms with van der Waals surface area (Å²) >= 11 is 2.97. The minimum atomic E-state index is -0.249. The van der Waals surface area contributed by atoms with Gasteiger partial charge in [-0.3, -0.25) is 9.89 Å². The Balaban J connectivity index is 1.47. The van der Waals surface area contributed by atoms with Crippen LogP contribution in [0.4, 0.5) is 0 Å². The van der Waals surface area contributed by atoms with Crippen molar-refractivity contribution in [1.82, 2.24) is 20.5 Å². The van der Waals surface area contributed by atoms with Gasteiger partial charge in [-0.05, 0) is 43.7 Å². The van der Waals surface area contributed by atoms with Crippen LogP contribution in [0.5, 0.6) is 0 Å². The summed E-state index contributed by atoms with van der Waals surface area (Å²) in [6.07, 6.45) is 1.87. The van der Waals surface area contributed by atoms with Gasteiger partial charge in [0, 0.05) is 6.04 Å². The number of rotatable bonds is 8. The number of amides is 1. The molecule has 3 aromatic rings. The number of nitrogens with one attached hydrogen (secondary N) is 2. The molecule has 0 saturated heterocycles. The SMILES string of the molecule is C[C@H](CCc1ccccc1)NC(=O)[C@H](C)Sc1n[nH]c(-c2cccs2)n1. The van der Waals surface area contributed by atoms with Crippen LogP contribution in [0.3, 0.4) is 0 Å². The van der Waals surface area contributed by atoms with E-state index in [1.807, 2.05) is 49.6 Å². The lowest BCUT2D eigenvalue weighted by molar-refractivity contribution is -0.120. The van der Waals surface area contributed by atoms with Gasteiger partial charge in [0.25, 0.3) is 0 Å². The quantitative estimate of drug-likeness (QED) is 0.571. The number of carbonyl (C=O) groups excluding carboxylic acids is 1. The molecule has 2 aromatic heterocycles. The van der Waals surface area contributed by atoms with Crippen LogP contribution in [0.25, 0.3) is 10.7 Å². The van der Waals surface area contributed by atoms with Crippen molar-refractivity contribution in [2.24, 2.45) is 0 Å². The number of nitrogens with zero attached hydrogens (tertiary/aromatic N) is 2. The predicted molar refractivity (Wildman–Crippen MR) is 107 cm³/mol. The Kier molecular flexibility index (Phi) is 6.46. The molecule has 0 aliphatic rings. The molecule has 0 saturated carbocycles. The number of hydrogen-bond acceptors (Lipinski definition) is 5. The lowest BCUT2D eigenvalue weighted by Crippen LogP contribution is -2.37. The molecule has 2 heterocycles. The second-order valence-electron chi connectivity index (χ2n) is 6.14. The number of aromatic amines is 1. The second-order valence-corrected chi connectivity index (χ2v) is 8.39. The summed E-state index contributed by atoms with van der Waals surface area (Å²) in [6, 6.07) is 14.4. The van der Waals surface area contributed by atoms with Gasteiger partial charge in [0.1, 0.15) is 0 Å². The van der Waals surface area contributed by atoms with Crippen molar-refractivity contribution >= 4 is 29.0 Å². The first-order valence-corrected chi connectivity index (χ1v) is 10.3. The van der Waals surface area contributed by atoms with Crippen LogP contribution in [0.2, 0.25) is 0 Å². The van der Waals surface area contributed by atoms with E-state index in [2.05, 4.69) is 32.6 Å². The van der Waals surface area contributed by atoms with E-state index in [9.17, 15) is 4.79 Å². The molecule has 0 aliphatic heterocycles. The molecule has 0 spiro atoms. The molecule has 2 N–H and O–H groups in total. The Morgan fingerprint density at radius 2 is 2.04 bits per heavy atom. The standard InChI is InChI=1S/C19H22N4OS2/c1-13(10-11-15-7-4-3-5-8-15)20-18(24)14(2)26-19-21-17(22-23-19)16-9-6-12-25-16/h3-9,12-14H,10-11H2,1-2H3,(H,20,24)(H,21,22,23)/t13-,14+/m1/s1. The molecular weight excluding hydrogens is 364 g/mol. The van der Waals surface area contributed by atoms with Crippen LogP contribution in [-0.4, -0.2) is 32.4 Å². The zero-order chi connectivity index (χ0) is 18.4. The summed E-state index contributed by atoms with van der Waals surface area (Å²) < 4.78 is 0. The van der Waals surface area contributed by atoms with Crippen LogP contribution in [0.15, 0.2) is 53.0 Å². The predicted octanol–water partition coefficient (Wildman–Crippen LogP) is 4.15. The van der Waals surface area contributed by atoms with Gasteiger partial charge >= 0.3 is 0 Å². The highest BCUT2D eigenvalue weighted by Gasteiger charge is 2.19. The molecule has 0 bridgehead atoms.